The summed E-state index contributed by atoms with van der Waals surface area (Å²) in [4.78, 5) is 37.4. The standard InChI is InChI=1S/C26H50N4O6/c1-24(2,3)34-21(31)17-20-13-11-10-12-15-29(18-22(32)35-25(4,5)6)27-28-30(16-14-20)19-23(33)36-26(7,8)9/h20,27-28H,10-19H2,1-9H3. The van der Waals surface area contributed by atoms with Gasteiger partial charge in [0.05, 0.1) is 0 Å². The van der Waals surface area contributed by atoms with Crippen LogP contribution in [0.4, 0.5) is 0 Å². The van der Waals surface area contributed by atoms with E-state index in [1.807, 2.05) is 62.3 Å². The molecule has 0 aromatic rings. The lowest BCUT2D eigenvalue weighted by Crippen LogP contribution is -2.58. The number of rotatable bonds is 6. The van der Waals surface area contributed by atoms with Gasteiger partial charge in [-0.25, -0.2) is 10.0 Å². The van der Waals surface area contributed by atoms with Crippen LogP contribution in [-0.4, -0.2) is 70.9 Å². The molecule has 10 nitrogen and oxygen atoms in total. The molecule has 0 amide bonds. The number of carbonyl (C=O) groups is 3. The molecule has 0 aromatic heterocycles. The predicted octanol–water partition coefficient (Wildman–Crippen LogP) is 3.51. The fourth-order valence-corrected chi connectivity index (χ4v) is 3.77. The van der Waals surface area contributed by atoms with Crippen molar-refractivity contribution < 1.29 is 28.6 Å². The largest absolute Gasteiger partial charge is 0.460 e. The molecule has 1 atom stereocenters. The lowest BCUT2D eigenvalue weighted by molar-refractivity contribution is -0.161. The lowest BCUT2D eigenvalue weighted by Gasteiger charge is -2.31. The monoisotopic (exact) mass is 514 g/mol. The number of nitrogens with one attached hydrogen (secondary N) is 2. The van der Waals surface area contributed by atoms with Crippen molar-refractivity contribution in [3.05, 3.63) is 0 Å². The van der Waals surface area contributed by atoms with Gasteiger partial charge in [0, 0.05) is 19.5 Å². The normalized spacial score (nSPS) is 20.1. The van der Waals surface area contributed by atoms with Gasteiger partial charge in [-0.3, -0.25) is 14.4 Å². The maximum atomic E-state index is 12.5. The Hall–Kier alpha value is -1.75. The number of carbonyl (C=O) groups excluding carboxylic acids is 3. The summed E-state index contributed by atoms with van der Waals surface area (Å²) >= 11 is 0. The highest BCUT2D eigenvalue weighted by Crippen LogP contribution is 2.21. The molecule has 0 saturated carbocycles. The predicted molar refractivity (Wildman–Crippen MR) is 138 cm³/mol. The zero-order valence-corrected chi connectivity index (χ0v) is 24.0. The van der Waals surface area contributed by atoms with Crippen molar-refractivity contribution >= 4 is 17.9 Å². The van der Waals surface area contributed by atoms with Gasteiger partial charge >= 0.3 is 17.9 Å². The second-order valence-electron chi connectivity index (χ2n) is 12.5. The highest BCUT2D eigenvalue weighted by atomic mass is 16.6. The molecular weight excluding hydrogens is 464 g/mol. The van der Waals surface area contributed by atoms with Crippen LogP contribution in [0.2, 0.25) is 0 Å². The summed E-state index contributed by atoms with van der Waals surface area (Å²) in [5.74, 6) is -0.765. The number of hydrogen-bond donors (Lipinski definition) is 2. The molecule has 1 aliphatic rings. The van der Waals surface area contributed by atoms with Crippen molar-refractivity contribution in [2.45, 2.75) is 118 Å². The van der Waals surface area contributed by atoms with E-state index in [2.05, 4.69) is 11.1 Å². The topological polar surface area (TPSA) is 109 Å². The van der Waals surface area contributed by atoms with E-state index in [9.17, 15) is 14.4 Å². The van der Waals surface area contributed by atoms with Crippen LogP contribution in [0.1, 0.15) is 101 Å². The summed E-state index contributed by atoms with van der Waals surface area (Å²) in [6.07, 6.45) is 4.73. The molecule has 0 bridgehead atoms. The van der Waals surface area contributed by atoms with Gasteiger partial charge in [-0.15, -0.1) is 0 Å². The quantitative estimate of drug-likeness (QED) is 0.404. The van der Waals surface area contributed by atoms with Crippen LogP contribution < -0.4 is 11.1 Å². The van der Waals surface area contributed by atoms with Crippen molar-refractivity contribution in [2.24, 2.45) is 5.92 Å². The van der Waals surface area contributed by atoms with Crippen LogP contribution in [-0.2, 0) is 28.6 Å². The van der Waals surface area contributed by atoms with Crippen LogP contribution in [0.15, 0.2) is 0 Å². The minimum atomic E-state index is -0.598. The van der Waals surface area contributed by atoms with Crippen LogP contribution in [0.25, 0.3) is 0 Å². The first-order valence-corrected chi connectivity index (χ1v) is 13.1. The van der Waals surface area contributed by atoms with Crippen molar-refractivity contribution in [3.8, 4) is 0 Å². The number of esters is 3. The summed E-state index contributed by atoms with van der Waals surface area (Å²) in [5, 5.41) is 3.48. The fourth-order valence-electron chi connectivity index (χ4n) is 3.77. The Bertz CT molecular complexity index is 665. The Labute approximate surface area is 217 Å². The molecule has 0 aromatic carbocycles. The first-order valence-electron chi connectivity index (χ1n) is 13.1. The maximum absolute atomic E-state index is 12.5. The number of nitrogens with zero attached hydrogens (tertiary/aromatic N) is 2. The Morgan fingerprint density at radius 1 is 0.639 bits per heavy atom. The summed E-state index contributed by atoms with van der Waals surface area (Å²) in [7, 11) is 0. The van der Waals surface area contributed by atoms with E-state index in [0.717, 1.165) is 25.7 Å². The molecule has 1 fully saturated rings. The van der Waals surface area contributed by atoms with E-state index in [1.165, 1.54) is 0 Å². The molecule has 0 radical (unpaired) electrons. The van der Waals surface area contributed by atoms with Gasteiger partial charge in [-0.2, -0.15) is 11.1 Å². The SMILES string of the molecule is CC(C)(C)OC(=O)CC1CCCCCN(CC(=O)OC(C)(C)C)NNN(CC(=O)OC(C)(C)C)CC1. The molecule has 1 unspecified atom stereocenters. The van der Waals surface area contributed by atoms with Gasteiger partial charge in [-0.1, -0.05) is 12.8 Å². The molecular formula is C26H50N4O6. The van der Waals surface area contributed by atoms with Gasteiger partial charge in [0.15, 0.2) is 0 Å². The molecule has 1 saturated heterocycles. The molecule has 36 heavy (non-hydrogen) atoms. The van der Waals surface area contributed by atoms with E-state index >= 15 is 0 Å². The second kappa shape index (κ2) is 14.3. The van der Waals surface area contributed by atoms with Crippen molar-refractivity contribution in [3.63, 3.8) is 0 Å². The van der Waals surface area contributed by atoms with Crippen molar-refractivity contribution in [1.29, 1.82) is 0 Å². The zero-order chi connectivity index (χ0) is 27.6. The van der Waals surface area contributed by atoms with E-state index < -0.39 is 16.8 Å². The minimum Gasteiger partial charge on any atom is -0.460 e. The number of hydrogen-bond acceptors (Lipinski definition) is 10. The Morgan fingerprint density at radius 3 is 1.56 bits per heavy atom. The van der Waals surface area contributed by atoms with E-state index in [4.69, 9.17) is 14.2 Å². The summed E-state index contributed by atoms with van der Waals surface area (Å²) < 4.78 is 16.5. The maximum Gasteiger partial charge on any atom is 0.322 e. The Kier molecular flexibility index (Phi) is 12.8. The average molecular weight is 515 g/mol. The lowest BCUT2D eigenvalue weighted by atomic mass is 9.94. The van der Waals surface area contributed by atoms with Crippen molar-refractivity contribution in [2.75, 3.05) is 26.2 Å². The smallest absolute Gasteiger partial charge is 0.322 e. The first-order chi connectivity index (χ1) is 16.4. The Balaban J connectivity index is 2.89. The van der Waals surface area contributed by atoms with Gasteiger partial charge in [-0.05, 0) is 87.5 Å². The van der Waals surface area contributed by atoms with Crippen LogP contribution in [0.5, 0.6) is 0 Å². The third kappa shape index (κ3) is 16.8. The van der Waals surface area contributed by atoms with Gasteiger partial charge in [0.1, 0.15) is 29.9 Å². The summed E-state index contributed by atoms with van der Waals surface area (Å²) in [6, 6.07) is 0. The average Bonchev–Trinajstić information content (AvgIpc) is 2.63. The highest BCUT2D eigenvalue weighted by molar-refractivity contribution is 5.72. The molecule has 0 spiro atoms. The molecule has 10 heteroatoms. The second-order valence-corrected chi connectivity index (χ2v) is 12.5. The molecule has 1 aliphatic heterocycles. The first kappa shape index (κ1) is 32.3. The highest BCUT2D eigenvalue weighted by Gasteiger charge is 2.25. The van der Waals surface area contributed by atoms with Gasteiger partial charge in [0.25, 0.3) is 0 Å². The van der Waals surface area contributed by atoms with Gasteiger partial charge < -0.3 is 14.2 Å². The fraction of sp³-hybridized carbons (Fsp3) is 0.885. The summed E-state index contributed by atoms with van der Waals surface area (Å²) in [6.45, 7) is 17.8. The number of hydrazine groups is 3. The zero-order valence-electron chi connectivity index (χ0n) is 24.0. The summed E-state index contributed by atoms with van der Waals surface area (Å²) in [5.41, 5.74) is 4.45. The van der Waals surface area contributed by atoms with Crippen LogP contribution >= 0.6 is 0 Å². The number of ether oxygens (including phenoxy) is 3. The molecule has 2 N–H and O–H groups in total. The van der Waals surface area contributed by atoms with E-state index in [1.54, 1.807) is 10.0 Å². The Morgan fingerprint density at radius 2 is 1.08 bits per heavy atom. The third-order valence-corrected chi connectivity index (χ3v) is 5.07. The van der Waals surface area contributed by atoms with E-state index in [-0.39, 0.29) is 36.9 Å². The van der Waals surface area contributed by atoms with Gasteiger partial charge in [0.2, 0.25) is 0 Å². The minimum absolute atomic E-state index is 0.00368. The molecule has 0 aliphatic carbocycles. The molecule has 1 heterocycles. The molecule has 210 valence electrons. The van der Waals surface area contributed by atoms with Crippen LogP contribution in [0, 0.1) is 5.92 Å². The van der Waals surface area contributed by atoms with Crippen LogP contribution in [0.3, 0.4) is 0 Å². The third-order valence-electron chi connectivity index (χ3n) is 5.07. The molecule has 1 rings (SSSR count). The van der Waals surface area contributed by atoms with E-state index in [0.29, 0.717) is 25.9 Å². The van der Waals surface area contributed by atoms with Crippen molar-refractivity contribution in [1.82, 2.24) is 21.1 Å².